The van der Waals surface area contributed by atoms with E-state index in [1.165, 1.54) is 0 Å². The van der Waals surface area contributed by atoms with Crippen LogP contribution in [0.1, 0.15) is 52.6 Å². The van der Waals surface area contributed by atoms with Crippen molar-refractivity contribution in [1.82, 2.24) is 16.2 Å². The van der Waals surface area contributed by atoms with Gasteiger partial charge in [-0.1, -0.05) is 39.0 Å². The van der Waals surface area contributed by atoms with E-state index in [-0.39, 0.29) is 22.3 Å². The highest BCUT2D eigenvalue weighted by Gasteiger charge is 2.15. The fourth-order valence-electron chi connectivity index (χ4n) is 2.25. The number of aryl methyl sites for hydroxylation is 1. The summed E-state index contributed by atoms with van der Waals surface area (Å²) < 4.78 is 0.992. The number of halogens is 1. The summed E-state index contributed by atoms with van der Waals surface area (Å²) in [6, 6.07) is 12.7. The van der Waals surface area contributed by atoms with Gasteiger partial charge in [0, 0.05) is 14.7 Å². The molecule has 0 unspecified atom stereocenters. The third kappa shape index (κ3) is 6.00. The quantitative estimate of drug-likeness (QED) is 0.337. The van der Waals surface area contributed by atoms with Crippen LogP contribution in [0.2, 0.25) is 0 Å². The third-order valence-electron chi connectivity index (χ3n) is 3.96. The van der Waals surface area contributed by atoms with Crippen LogP contribution in [-0.2, 0) is 5.41 Å². The van der Waals surface area contributed by atoms with Crippen molar-refractivity contribution in [2.75, 3.05) is 0 Å². The highest BCUT2D eigenvalue weighted by atomic mass is 127. The number of rotatable bonds is 2. The van der Waals surface area contributed by atoms with Crippen LogP contribution in [0, 0.1) is 10.5 Å². The minimum absolute atomic E-state index is 0.0207. The van der Waals surface area contributed by atoms with Gasteiger partial charge in [-0.15, -0.1) is 0 Å². The summed E-state index contributed by atoms with van der Waals surface area (Å²) in [6.07, 6.45) is 0. The van der Waals surface area contributed by atoms with E-state index in [2.05, 4.69) is 59.5 Å². The summed E-state index contributed by atoms with van der Waals surface area (Å²) in [5.74, 6) is -0.675. The van der Waals surface area contributed by atoms with Crippen molar-refractivity contribution in [1.29, 1.82) is 0 Å². The van der Waals surface area contributed by atoms with Crippen molar-refractivity contribution in [3.8, 4) is 0 Å². The molecule has 7 heteroatoms. The van der Waals surface area contributed by atoms with Gasteiger partial charge in [0.05, 0.1) is 0 Å². The van der Waals surface area contributed by atoms with Crippen LogP contribution in [0.4, 0.5) is 0 Å². The Bertz CT molecular complexity index is 874. The Hall–Kier alpha value is -2.00. The van der Waals surface area contributed by atoms with Gasteiger partial charge >= 0.3 is 0 Å². The van der Waals surface area contributed by atoms with E-state index < -0.39 is 0 Å². The summed E-state index contributed by atoms with van der Waals surface area (Å²) in [5, 5.41) is 2.57. The predicted molar refractivity (Wildman–Crippen MR) is 120 cm³/mol. The Morgan fingerprint density at radius 1 is 0.926 bits per heavy atom. The van der Waals surface area contributed by atoms with Gasteiger partial charge < -0.3 is 0 Å². The van der Waals surface area contributed by atoms with E-state index in [0.717, 1.165) is 14.7 Å². The molecule has 0 radical (unpaired) electrons. The number of carbonyl (C=O) groups is 2. The molecule has 0 aliphatic rings. The summed E-state index contributed by atoms with van der Waals surface area (Å²) in [7, 11) is 0. The standard InChI is InChI=1S/C20H22IN3O2S/c1-12-5-6-14(11-16(12)21)17(25)22-19(27)24-23-18(26)13-7-9-15(10-8-13)20(2,3)4/h5-11H,1-4H3,(H,23,26)(H2,22,24,25,27). The molecule has 0 heterocycles. The van der Waals surface area contributed by atoms with Crippen LogP contribution < -0.4 is 16.2 Å². The lowest BCUT2D eigenvalue weighted by molar-refractivity contribution is 0.0934. The molecule has 0 bridgehead atoms. The Kier molecular flexibility index (Phi) is 6.94. The average molecular weight is 495 g/mol. The summed E-state index contributed by atoms with van der Waals surface area (Å²) in [5.41, 5.74) is 8.29. The molecule has 0 aromatic heterocycles. The molecule has 0 spiro atoms. The van der Waals surface area contributed by atoms with Gasteiger partial charge in [-0.3, -0.25) is 25.8 Å². The number of amides is 2. The lowest BCUT2D eigenvalue weighted by Gasteiger charge is -2.19. The van der Waals surface area contributed by atoms with Gasteiger partial charge in [-0.25, -0.2) is 0 Å². The number of carbonyl (C=O) groups excluding carboxylic acids is 2. The maximum absolute atomic E-state index is 12.2. The van der Waals surface area contributed by atoms with E-state index in [9.17, 15) is 9.59 Å². The Morgan fingerprint density at radius 3 is 2.07 bits per heavy atom. The first kappa shape index (κ1) is 21.3. The monoisotopic (exact) mass is 495 g/mol. The van der Waals surface area contributed by atoms with Crippen molar-refractivity contribution in [2.45, 2.75) is 33.1 Å². The van der Waals surface area contributed by atoms with E-state index in [1.54, 1.807) is 24.3 Å². The maximum Gasteiger partial charge on any atom is 0.269 e. The molecule has 3 N–H and O–H groups in total. The normalized spacial score (nSPS) is 10.9. The zero-order valence-corrected chi connectivity index (χ0v) is 18.6. The second-order valence-electron chi connectivity index (χ2n) is 7.15. The van der Waals surface area contributed by atoms with Crippen LogP contribution in [0.15, 0.2) is 42.5 Å². The van der Waals surface area contributed by atoms with Gasteiger partial charge in [0.25, 0.3) is 11.8 Å². The van der Waals surface area contributed by atoms with Crippen LogP contribution in [0.25, 0.3) is 0 Å². The first-order chi connectivity index (χ1) is 12.6. The maximum atomic E-state index is 12.2. The first-order valence-electron chi connectivity index (χ1n) is 8.36. The number of hydrogen-bond acceptors (Lipinski definition) is 3. The largest absolute Gasteiger partial charge is 0.298 e. The SMILES string of the molecule is Cc1ccc(C(=O)NC(=S)NNC(=O)c2ccc(C(C)(C)C)cc2)cc1I. The molecule has 27 heavy (non-hydrogen) atoms. The molecule has 0 fully saturated rings. The fraction of sp³-hybridized carbons (Fsp3) is 0.250. The Morgan fingerprint density at radius 2 is 1.52 bits per heavy atom. The number of nitrogens with one attached hydrogen (secondary N) is 3. The molecule has 2 amide bonds. The predicted octanol–water partition coefficient (Wildman–Crippen LogP) is 3.85. The molecule has 0 saturated carbocycles. The van der Waals surface area contributed by atoms with Gasteiger partial charge in [0.1, 0.15) is 0 Å². The van der Waals surface area contributed by atoms with Crippen molar-refractivity contribution >= 4 is 51.7 Å². The molecule has 0 aliphatic carbocycles. The topological polar surface area (TPSA) is 70.2 Å². The Labute approximate surface area is 178 Å². The van der Waals surface area contributed by atoms with Gasteiger partial charge in [0.2, 0.25) is 0 Å². The third-order valence-corrected chi connectivity index (χ3v) is 5.33. The highest BCUT2D eigenvalue weighted by molar-refractivity contribution is 14.1. The molecule has 2 aromatic rings. The lowest BCUT2D eigenvalue weighted by atomic mass is 9.87. The second kappa shape index (κ2) is 8.79. The molecular formula is C20H22IN3O2S. The minimum Gasteiger partial charge on any atom is -0.298 e. The summed E-state index contributed by atoms with van der Waals surface area (Å²) in [6.45, 7) is 8.30. The smallest absolute Gasteiger partial charge is 0.269 e. The van der Waals surface area contributed by atoms with Crippen molar-refractivity contribution in [3.63, 3.8) is 0 Å². The number of hydrogen-bond donors (Lipinski definition) is 3. The molecule has 0 atom stereocenters. The van der Waals surface area contributed by atoms with Gasteiger partial charge in [-0.2, -0.15) is 0 Å². The molecule has 5 nitrogen and oxygen atoms in total. The molecule has 2 rings (SSSR count). The molecule has 2 aromatic carbocycles. The summed E-state index contributed by atoms with van der Waals surface area (Å²) in [4.78, 5) is 24.4. The van der Waals surface area contributed by atoms with E-state index in [1.807, 2.05) is 25.1 Å². The fourth-order valence-corrected chi connectivity index (χ4v) is 2.91. The van der Waals surface area contributed by atoms with Crippen LogP contribution in [-0.4, -0.2) is 16.9 Å². The van der Waals surface area contributed by atoms with E-state index in [4.69, 9.17) is 12.2 Å². The van der Waals surface area contributed by atoms with Crippen molar-refractivity contribution in [2.24, 2.45) is 0 Å². The highest BCUT2D eigenvalue weighted by Crippen LogP contribution is 2.22. The number of thiocarbonyl (C=S) groups is 1. The molecule has 142 valence electrons. The average Bonchev–Trinajstić information content (AvgIpc) is 2.61. The Balaban J connectivity index is 1.90. The van der Waals surface area contributed by atoms with Gasteiger partial charge in [0.15, 0.2) is 5.11 Å². The summed E-state index contributed by atoms with van der Waals surface area (Å²) >= 11 is 7.24. The van der Waals surface area contributed by atoms with Crippen LogP contribution in [0.5, 0.6) is 0 Å². The lowest BCUT2D eigenvalue weighted by Crippen LogP contribution is -2.48. The number of hydrazine groups is 1. The zero-order valence-electron chi connectivity index (χ0n) is 15.6. The van der Waals surface area contributed by atoms with Crippen molar-refractivity contribution in [3.05, 3.63) is 68.3 Å². The number of benzene rings is 2. The van der Waals surface area contributed by atoms with Gasteiger partial charge in [-0.05, 0) is 82.5 Å². The molecule has 0 saturated heterocycles. The minimum atomic E-state index is -0.339. The second-order valence-corrected chi connectivity index (χ2v) is 8.72. The van der Waals surface area contributed by atoms with E-state index >= 15 is 0 Å². The molecule has 0 aliphatic heterocycles. The zero-order chi connectivity index (χ0) is 20.2. The first-order valence-corrected chi connectivity index (χ1v) is 9.85. The van der Waals surface area contributed by atoms with Crippen LogP contribution in [0.3, 0.4) is 0 Å². The van der Waals surface area contributed by atoms with E-state index in [0.29, 0.717) is 11.1 Å². The molecular weight excluding hydrogens is 473 g/mol. The van der Waals surface area contributed by atoms with Crippen molar-refractivity contribution < 1.29 is 9.59 Å². The van der Waals surface area contributed by atoms with Crippen LogP contribution >= 0.6 is 34.8 Å².